The molecule has 0 atom stereocenters. The molecule has 0 bridgehead atoms. The number of aliphatic imine (C=N–C) groups is 1. The maximum absolute atomic E-state index is 14.4. The van der Waals surface area contributed by atoms with Crippen LogP contribution < -0.4 is 10.6 Å². The van der Waals surface area contributed by atoms with Crippen molar-refractivity contribution in [3.63, 3.8) is 0 Å². The van der Waals surface area contributed by atoms with E-state index in [2.05, 4.69) is 32.8 Å². The van der Waals surface area contributed by atoms with Crippen molar-refractivity contribution in [2.75, 3.05) is 7.05 Å². The summed E-state index contributed by atoms with van der Waals surface area (Å²) in [4.78, 5) is 8.35. The lowest BCUT2D eigenvalue weighted by molar-refractivity contribution is 0.611. The van der Waals surface area contributed by atoms with Gasteiger partial charge >= 0.3 is 0 Å². The zero-order valence-corrected chi connectivity index (χ0v) is 16.7. The zero-order chi connectivity index (χ0) is 16.9. The molecule has 3 rings (SSSR count). The number of hydrogen-bond donors (Lipinski definition) is 2. The number of nitrogens with one attached hydrogen (secondary N) is 2. The molecule has 0 saturated carbocycles. The highest BCUT2D eigenvalue weighted by Gasteiger charge is 2.12. The molecule has 2 N–H and O–H groups in total. The molecule has 1 aliphatic rings. The van der Waals surface area contributed by atoms with Gasteiger partial charge in [-0.3, -0.25) is 4.99 Å². The monoisotopic (exact) mass is 455 g/mol. The van der Waals surface area contributed by atoms with Crippen LogP contribution in [0, 0.1) is 12.7 Å². The first kappa shape index (κ1) is 19.4. The summed E-state index contributed by atoms with van der Waals surface area (Å²) < 4.78 is 16.1. The van der Waals surface area contributed by atoms with Gasteiger partial charge in [0.25, 0.3) is 0 Å². The molecule has 1 aromatic heterocycles. The van der Waals surface area contributed by atoms with E-state index in [0.717, 1.165) is 30.2 Å². The molecule has 134 valence electrons. The predicted molar refractivity (Wildman–Crippen MR) is 109 cm³/mol. The summed E-state index contributed by atoms with van der Waals surface area (Å²) in [5.41, 5.74) is 1.37. The number of imidazole rings is 1. The minimum atomic E-state index is -0.265. The van der Waals surface area contributed by atoms with Crippen molar-refractivity contribution in [1.82, 2.24) is 20.2 Å². The second-order valence-corrected chi connectivity index (χ2v) is 5.84. The van der Waals surface area contributed by atoms with E-state index in [1.54, 1.807) is 36.1 Å². The molecule has 0 amide bonds. The SMILES string of the molecule is CN=C(NCc1ccc(-n2ccnc2C)c(F)c1)NC1CC=CC1.I. The van der Waals surface area contributed by atoms with Crippen LogP contribution in [0.4, 0.5) is 4.39 Å². The maximum Gasteiger partial charge on any atom is 0.191 e. The molecular formula is C18H23FIN5. The summed E-state index contributed by atoms with van der Waals surface area (Å²) >= 11 is 0. The molecular weight excluding hydrogens is 432 g/mol. The van der Waals surface area contributed by atoms with Crippen LogP contribution in [0.5, 0.6) is 0 Å². The van der Waals surface area contributed by atoms with Crippen LogP contribution in [0.15, 0.2) is 47.7 Å². The molecule has 0 saturated heterocycles. The van der Waals surface area contributed by atoms with Crippen molar-refractivity contribution < 1.29 is 4.39 Å². The average molecular weight is 455 g/mol. The van der Waals surface area contributed by atoms with Gasteiger partial charge in [-0.1, -0.05) is 18.2 Å². The van der Waals surface area contributed by atoms with Crippen molar-refractivity contribution in [3.05, 3.63) is 59.9 Å². The van der Waals surface area contributed by atoms with Gasteiger partial charge < -0.3 is 15.2 Å². The van der Waals surface area contributed by atoms with E-state index in [4.69, 9.17) is 0 Å². The highest BCUT2D eigenvalue weighted by atomic mass is 127. The first-order chi connectivity index (χ1) is 11.7. The Hall–Kier alpha value is -1.90. The smallest absolute Gasteiger partial charge is 0.191 e. The largest absolute Gasteiger partial charge is 0.353 e. The van der Waals surface area contributed by atoms with Crippen LogP contribution in [-0.2, 0) is 6.54 Å². The van der Waals surface area contributed by atoms with E-state index in [0.29, 0.717) is 18.3 Å². The lowest BCUT2D eigenvalue weighted by atomic mass is 10.2. The van der Waals surface area contributed by atoms with Crippen molar-refractivity contribution >= 4 is 29.9 Å². The number of benzene rings is 1. The quantitative estimate of drug-likeness (QED) is 0.322. The molecule has 2 aromatic rings. The molecule has 0 aliphatic heterocycles. The third-order valence-corrected chi connectivity index (χ3v) is 4.13. The predicted octanol–water partition coefficient (Wildman–Crippen LogP) is 3.32. The molecule has 0 fully saturated rings. The fourth-order valence-electron chi connectivity index (χ4n) is 2.80. The first-order valence-corrected chi connectivity index (χ1v) is 8.08. The van der Waals surface area contributed by atoms with Crippen LogP contribution in [0.1, 0.15) is 24.2 Å². The van der Waals surface area contributed by atoms with Crippen LogP contribution in [0.2, 0.25) is 0 Å². The summed E-state index contributed by atoms with van der Waals surface area (Å²) in [6.07, 6.45) is 9.77. The normalized spacial score (nSPS) is 14.4. The fourth-order valence-corrected chi connectivity index (χ4v) is 2.80. The maximum atomic E-state index is 14.4. The van der Waals surface area contributed by atoms with Crippen molar-refractivity contribution in [3.8, 4) is 5.69 Å². The molecule has 0 radical (unpaired) electrons. The average Bonchev–Trinajstić information content (AvgIpc) is 3.23. The van der Waals surface area contributed by atoms with Gasteiger partial charge in [0.05, 0.1) is 5.69 Å². The second kappa shape index (κ2) is 8.98. The summed E-state index contributed by atoms with van der Waals surface area (Å²) in [5, 5.41) is 6.59. The van der Waals surface area contributed by atoms with Gasteiger partial charge in [0.15, 0.2) is 5.96 Å². The zero-order valence-electron chi connectivity index (χ0n) is 14.4. The lowest BCUT2D eigenvalue weighted by Crippen LogP contribution is -2.42. The summed E-state index contributed by atoms with van der Waals surface area (Å²) in [7, 11) is 1.74. The minimum Gasteiger partial charge on any atom is -0.353 e. The molecule has 0 spiro atoms. The number of hydrogen-bond acceptors (Lipinski definition) is 2. The number of guanidine groups is 1. The number of halogens is 2. The molecule has 7 heteroatoms. The minimum absolute atomic E-state index is 0. The van der Waals surface area contributed by atoms with Gasteiger partial charge in [-0.05, 0) is 37.5 Å². The Morgan fingerprint density at radius 1 is 1.36 bits per heavy atom. The van der Waals surface area contributed by atoms with Crippen LogP contribution >= 0.6 is 24.0 Å². The first-order valence-electron chi connectivity index (χ1n) is 8.08. The number of aromatic nitrogens is 2. The Morgan fingerprint density at radius 3 is 2.72 bits per heavy atom. The van der Waals surface area contributed by atoms with Gasteiger partial charge in [-0.25, -0.2) is 9.37 Å². The summed E-state index contributed by atoms with van der Waals surface area (Å²) in [6.45, 7) is 2.36. The Bertz CT molecular complexity index is 761. The highest BCUT2D eigenvalue weighted by Crippen LogP contribution is 2.16. The number of aryl methyl sites for hydroxylation is 1. The molecule has 1 aromatic carbocycles. The Kier molecular flexibility index (Phi) is 6.98. The second-order valence-electron chi connectivity index (χ2n) is 5.84. The van der Waals surface area contributed by atoms with Crippen LogP contribution in [0.3, 0.4) is 0 Å². The van der Waals surface area contributed by atoms with Gasteiger partial charge in [-0.2, -0.15) is 0 Å². The van der Waals surface area contributed by atoms with E-state index in [1.807, 2.05) is 13.0 Å². The van der Waals surface area contributed by atoms with E-state index < -0.39 is 0 Å². The van der Waals surface area contributed by atoms with Gasteiger partial charge in [-0.15, -0.1) is 24.0 Å². The molecule has 1 aliphatic carbocycles. The molecule has 1 heterocycles. The molecule has 5 nitrogen and oxygen atoms in total. The number of rotatable bonds is 4. The third kappa shape index (κ3) is 4.81. The standard InChI is InChI=1S/C18H22FN5.HI/c1-13-21-9-10-24(13)17-8-7-14(11-16(17)19)12-22-18(20-2)23-15-5-3-4-6-15;/h3-4,7-11,15H,5-6,12H2,1-2H3,(H2,20,22,23);1H. The van der Waals surface area contributed by atoms with E-state index in [-0.39, 0.29) is 29.8 Å². The Balaban J connectivity index is 0.00000225. The van der Waals surface area contributed by atoms with Crippen LogP contribution in [0.25, 0.3) is 5.69 Å². The van der Waals surface area contributed by atoms with Gasteiger partial charge in [0.2, 0.25) is 0 Å². The summed E-state index contributed by atoms with van der Waals surface area (Å²) in [5.74, 6) is 1.23. The van der Waals surface area contributed by atoms with Gasteiger partial charge in [0, 0.05) is 32.0 Å². The molecule has 0 unspecified atom stereocenters. The van der Waals surface area contributed by atoms with Crippen LogP contribution in [-0.4, -0.2) is 28.6 Å². The highest BCUT2D eigenvalue weighted by molar-refractivity contribution is 14.0. The third-order valence-electron chi connectivity index (χ3n) is 4.13. The summed E-state index contributed by atoms with van der Waals surface area (Å²) in [6, 6.07) is 5.62. The van der Waals surface area contributed by atoms with E-state index in [9.17, 15) is 4.39 Å². The van der Waals surface area contributed by atoms with Crippen molar-refractivity contribution in [2.45, 2.75) is 32.4 Å². The lowest BCUT2D eigenvalue weighted by Gasteiger charge is -2.17. The topological polar surface area (TPSA) is 54.2 Å². The number of nitrogens with zero attached hydrogens (tertiary/aromatic N) is 3. The van der Waals surface area contributed by atoms with Crippen molar-refractivity contribution in [1.29, 1.82) is 0 Å². The Labute approximate surface area is 164 Å². The van der Waals surface area contributed by atoms with E-state index >= 15 is 0 Å². The van der Waals surface area contributed by atoms with Crippen molar-refractivity contribution in [2.24, 2.45) is 4.99 Å². The molecule has 25 heavy (non-hydrogen) atoms. The Morgan fingerprint density at radius 2 is 2.12 bits per heavy atom. The van der Waals surface area contributed by atoms with Gasteiger partial charge in [0.1, 0.15) is 11.6 Å². The fraction of sp³-hybridized carbons (Fsp3) is 0.333. The van der Waals surface area contributed by atoms with E-state index in [1.165, 1.54) is 0 Å².